The number of benzene rings is 1. The molecule has 3 nitrogen and oxygen atoms in total. The molecule has 0 saturated heterocycles. The standard InChI is InChI=1S/C15H18F3NO2/c1-19(12-7-2-3-8-13(12)20)14(21)10-5-4-6-11(9-10)15(16,17)18/h4-6,9,12-13,20H,2-3,7-8H2,1H3. The Morgan fingerprint density at radius 2 is 1.95 bits per heavy atom. The monoisotopic (exact) mass is 301 g/mol. The Labute approximate surface area is 121 Å². The molecule has 0 bridgehead atoms. The number of alkyl halides is 3. The second-order valence-electron chi connectivity index (χ2n) is 5.41. The van der Waals surface area contributed by atoms with Crippen LogP contribution in [0.4, 0.5) is 13.2 Å². The highest BCUT2D eigenvalue weighted by atomic mass is 19.4. The summed E-state index contributed by atoms with van der Waals surface area (Å²) in [5.74, 6) is -0.493. The molecule has 2 rings (SSSR count). The third-order valence-electron chi connectivity index (χ3n) is 3.95. The van der Waals surface area contributed by atoms with E-state index in [9.17, 15) is 23.1 Å². The third kappa shape index (κ3) is 3.56. The van der Waals surface area contributed by atoms with Gasteiger partial charge in [0.15, 0.2) is 0 Å². The fourth-order valence-electron chi connectivity index (χ4n) is 2.73. The summed E-state index contributed by atoms with van der Waals surface area (Å²) in [7, 11) is 1.53. The first kappa shape index (κ1) is 15.8. The Morgan fingerprint density at radius 3 is 2.57 bits per heavy atom. The molecular weight excluding hydrogens is 283 g/mol. The van der Waals surface area contributed by atoms with Gasteiger partial charge in [0.05, 0.1) is 17.7 Å². The first-order chi connectivity index (χ1) is 9.80. The van der Waals surface area contributed by atoms with Crippen molar-refractivity contribution in [2.75, 3.05) is 7.05 Å². The summed E-state index contributed by atoms with van der Waals surface area (Å²) in [6.45, 7) is 0. The molecule has 1 aromatic rings. The molecule has 1 aromatic carbocycles. The van der Waals surface area contributed by atoms with E-state index >= 15 is 0 Å². The smallest absolute Gasteiger partial charge is 0.391 e. The number of aliphatic hydroxyl groups excluding tert-OH is 1. The van der Waals surface area contributed by atoms with Crippen LogP contribution in [0.15, 0.2) is 24.3 Å². The van der Waals surface area contributed by atoms with Crippen molar-refractivity contribution in [2.24, 2.45) is 0 Å². The molecule has 1 amide bonds. The lowest BCUT2D eigenvalue weighted by Crippen LogP contribution is -2.46. The summed E-state index contributed by atoms with van der Waals surface area (Å²) in [4.78, 5) is 13.7. The normalized spacial score (nSPS) is 22.9. The van der Waals surface area contributed by atoms with Gasteiger partial charge in [0.25, 0.3) is 5.91 Å². The van der Waals surface area contributed by atoms with Gasteiger partial charge < -0.3 is 10.0 Å². The van der Waals surface area contributed by atoms with Gasteiger partial charge in [-0.05, 0) is 31.0 Å². The van der Waals surface area contributed by atoms with Crippen LogP contribution in [0.1, 0.15) is 41.6 Å². The molecule has 6 heteroatoms. The number of carbonyl (C=O) groups excluding carboxylic acids is 1. The topological polar surface area (TPSA) is 40.5 Å². The molecule has 2 unspecified atom stereocenters. The highest BCUT2D eigenvalue weighted by Crippen LogP contribution is 2.30. The molecule has 0 spiro atoms. The van der Waals surface area contributed by atoms with E-state index in [-0.39, 0.29) is 11.6 Å². The summed E-state index contributed by atoms with van der Waals surface area (Å²) < 4.78 is 38.1. The second-order valence-corrected chi connectivity index (χ2v) is 5.41. The number of hydrogen-bond acceptors (Lipinski definition) is 2. The summed E-state index contributed by atoms with van der Waals surface area (Å²) in [5.41, 5.74) is -0.851. The number of carbonyl (C=O) groups is 1. The van der Waals surface area contributed by atoms with Crippen LogP contribution in [0.25, 0.3) is 0 Å². The van der Waals surface area contributed by atoms with Crippen LogP contribution < -0.4 is 0 Å². The maximum absolute atomic E-state index is 12.7. The predicted molar refractivity (Wildman–Crippen MR) is 71.8 cm³/mol. The van der Waals surface area contributed by atoms with Gasteiger partial charge in [-0.2, -0.15) is 13.2 Å². The van der Waals surface area contributed by atoms with Crippen LogP contribution in [0, 0.1) is 0 Å². The lowest BCUT2D eigenvalue weighted by atomic mass is 9.91. The van der Waals surface area contributed by atoms with Crippen molar-refractivity contribution in [3.63, 3.8) is 0 Å². The quantitative estimate of drug-likeness (QED) is 0.912. The Morgan fingerprint density at radius 1 is 1.29 bits per heavy atom. The first-order valence-electron chi connectivity index (χ1n) is 6.93. The molecule has 1 saturated carbocycles. The van der Waals surface area contributed by atoms with E-state index in [4.69, 9.17) is 0 Å². The first-order valence-corrected chi connectivity index (χ1v) is 6.93. The molecule has 21 heavy (non-hydrogen) atoms. The number of nitrogens with zero attached hydrogens (tertiary/aromatic N) is 1. The number of likely N-dealkylation sites (N-methyl/N-ethyl adjacent to an activating group) is 1. The molecule has 1 N–H and O–H groups in total. The number of amides is 1. The highest BCUT2D eigenvalue weighted by Gasteiger charge is 2.33. The Bertz CT molecular complexity index is 516. The van der Waals surface area contributed by atoms with Gasteiger partial charge in [0.2, 0.25) is 0 Å². The minimum Gasteiger partial charge on any atom is -0.391 e. The van der Waals surface area contributed by atoms with Crippen molar-refractivity contribution < 1.29 is 23.1 Å². The lowest BCUT2D eigenvalue weighted by Gasteiger charge is -2.35. The molecule has 2 atom stereocenters. The van der Waals surface area contributed by atoms with E-state index < -0.39 is 23.8 Å². The highest BCUT2D eigenvalue weighted by molar-refractivity contribution is 5.94. The van der Waals surface area contributed by atoms with Crippen molar-refractivity contribution in [3.05, 3.63) is 35.4 Å². The maximum Gasteiger partial charge on any atom is 0.416 e. The van der Waals surface area contributed by atoms with Crippen LogP contribution in [0.3, 0.4) is 0 Å². The van der Waals surface area contributed by atoms with Gasteiger partial charge in [-0.1, -0.05) is 18.9 Å². The van der Waals surface area contributed by atoms with Gasteiger partial charge in [0, 0.05) is 12.6 Å². The number of halogens is 3. The number of aliphatic hydroxyl groups is 1. The van der Waals surface area contributed by atoms with Crippen molar-refractivity contribution in [3.8, 4) is 0 Å². The second kappa shape index (κ2) is 6.05. The molecule has 1 fully saturated rings. The van der Waals surface area contributed by atoms with Crippen LogP contribution in [0.5, 0.6) is 0 Å². The van der Waals surface area contributed by atoms with Crippen molar-refractivity contribution in [1.82, 2.24) is 4.90 Å². The van der Waals surface area contributed by atoms with Crippen LogP contribution >= 0.6 is 0 Å². The van der Waals surface area contributed by atoms with E-state index in [0.29, 0.717) is 12.8 Å². The Balaban J connectivity index is 2.19. The van der Waals surface area contributed by atoms with Gasteiger partial charge in [-0.15, -0.1) is 0 Å². The molecule has 0 aliphatic heterocycles. The minimum absolute atomic E-state index is 0.00917. The third-order valence-corrected chi connectivity index (χ3v) is 3.95. The van der Waals surface area contributed by atoms with Gasteiger partial charge in [0.1, 0.15) is 0 Å². The van der Waals surface area contributed by atoms with Crippen molar-refractivity contribution in [1.29, 1.82) is 0 Å². The van der Waals surface area contributed by atoms with Crippen molar-refractivity contribution in [2.45, 2.75) is 44.0 Å². The molecule has 1 aliphatic rings. The molecule has 116 valence electrons. The van der Waals surface area contributed by atoms with Crippen LogP contribution in [-0.2, 0) is 6.18 Å². The number of hydrogen-bond donors (Lipinski definition) is 1. The maximum atomic E-state index is 12.7. The minimum atomic E-state index is -4.47. The van der Waals surface area contributed by atoms with Crippen LogP contribution in [0.2, 0.25) is 0 Å². The van der Waals surface area contributed by atoms with E-state index in [2.05, 4.69) is 0 Å². The zero-order valence-electron chi connectivity index (χ0n) is 11.7. The Kier molecular flexibility index (Phi) is 4.56. The molecule has 0 radical (unpaired) electrons. The summed E-state index contributed by atoms with van der Waals surface area (Å²) >= 11 is 0. The average molecular weight is 301 g/mol. The predicted octanol–water partition coefficient (Wildman–Crippen LogP) is 3.08. The van der Waals surface area contributed by atoms with Crippen LogP contribution in [-0.4, -0.2) is 35.1 Å². The lowest BCUT2D eigenvalue weighted by molar-refractivity contribution is -0.137. The fraction of sp³-hybridized carbons (Fsp3) is 0.533. The number of rotatable bonds is 2. The van der Waals surface area contributed by atoms with E-state index in [1.165, 1.54) is 24.1 Å². The zero-order chi connectivity index (χ0) is 15.6. The van der Waals surface area contributed by atoms with Gasteiger partial charge in [-0.25, -0.2) is 0 Å². The average Bonchev–Trinajstić information content (AvgIpc) is 2.45. The summed E-state index contributed by atoms with van der Waals surface area (Å²) in [5, 5.41) is 9.95. The van der Waals surface area contributed by atoms with E-state index in [1.807, 2.05) is 0 Å². The van der Waals surface area contributed by atoms with Gasteiger partial charge in [-0.3, -0.25) is 4.79 Å². The van der Waals surface area contributed by atoms with Crippen molar-refractivity contribution >= 4 is 5.91 Å². The summed E-state index contributed by atoms with van der Waals surface area (Å²) in [6.07, 6.45) is -1.99. The molecule has 0 heterocycles. The molecule has 0 aromatic heterocycles. The largest absolute Gasteiger partial charge is 0.416 e. The SMILES string of the molecule is CN(C(=O)c1cccc(C(F)(F)F)c1)C1CCCCC1O. The van der Waals surface area contributed by atoms with E-state index in [0.717, 1.165) is 25.0 Å². The molecule has 1 aliphatic carbocycles. The molecular formula is C15H18F3NO2. The summed E-state index contributed by atoms with van der Waals surface area (Å²) in [6, 6.07) is 4.05. The fourth-order valence-corrected chi connectivity index (χ4v) is 2.73. The zero-order valence-corrected chi connectivity index (χ0v) is 11.7. The Hall–Kier alpha value is -1.56. The van der Waals surface area contributed by atoms with E-state index in [1.54, 1.807) is 0 Å². The van der Waals surface area contributed by atoms with Gasteiger partial charge >= 0.3 is 6.18 Å².